The number of hydrogen-bond donors (Lipinski definition) is 0. The number of ether oxygens (including phenoxy) is 1. The van der Waals surface area contributed by atoms with E-state index in [-0.39, 0.29) is 22.8 Å². The van der Waals surface area contributed by atoms with E-state index in [0.717, 1.165) is 15.8 Å². The average molecular weight is 475 g/mol. The Morgan fingerprint density at radius 3 is 2.52 bits per heavy atom. The summed E-state index contributed by atoms with van der Waals surface area (Å²) >= 11 is 1.97. The van der Waals surface area contributed by atoms with Gasteiger partial charge in [-0.05, 0) is 54.1 Å². The maximum Gasteiger partial charge on any atom is 0.237 e. The largest absolute Gasteiger partial charge is 0.493 e. The Hall–Kier alpha value is -1.75. The minimum absolute atomic E-state index is 0.106. The Kier molecular flexibility index (Phi) is 4.48. The van der Waals surface area contributed by atoms with Crippen LogP contribution in [-0.2, 0) is 10.0 Å². The van der Waals surface area contributed by atoms with Gasteiger partial charge < -0.3 is 4.74 Å². The Bertz CT molecular complexity index is 1110. The van der Waals surface area contributed by atoms with Gasteiger partial charge >= 0.3 is 0 Å². The van der Waals surface area contributed by atoms with Crippen molar-refractivity contribution in [2.24, 2.45) is 0 Å². The highest BCUT2D eigenvalue weighted by molar-refractivity contribution is 14.1. The molecule has 2 aromatic heterocycles. The van der Waals surface area contributed by atoms with Gasteiger partial charge in [-0.2, -0.15) is 0 Å². The lowest BCUT2D eigenvalue weighted by Gasteiger charge is -2.10. The van der Waals surface area contributed by atoms with Crippen molar-refractivity contribution < 1.29 is 17.5 Å². The van der Waals surface area contributed by atoms with E-state index < -0.39 is 15.8 Å². The standard InChI is InChI=1S/C16H15FIN3O3S/c1-8-7-21(25(4,22)23)16-12(8)9(2)19-15(20-16)10-5-6-11(18)14(24-3)13(10)17/h5-7H,1-4H3. The second-order valence-electron chi connectivity index (χ2n) is 5.64. The van der Waals surface area contributed by atoms with Crippen molar-refractivity contribution in [3.63, 3.8) is 0 Å². The van der Waals surface area contributed by atoms with Crippen LogP contribution >= 0.6 is 22.6 Å². The number of benzene rings is 1. The van der Waals surface area contributed by atoms with Crippen LogP contribution in [0.3, 0.4) is 0 Å². The van der Waals surface area contributed by atoms with Gasteiger partial charge in [0.15, 0.2) is 23.0 Å². The molecule has 0 atom stereocenters. The van der Waals surface area contributed by atoms with Gasteiger partial charge in [0.1, 0.15) is 0 Å². The molecular weight excluding hydrogens is 460 g/mol. The molecule has 3 aromatic rings. The van der Waals surface area contributed by atoms with E-state index in [4.69, 9.17) is 4.74 Å². The van der Waals surface area contributed by atoms with Crippen LogP contribution in [0.4, 0.5) is 4.39 Å². The highest BCUT2D eigenvalue weighted by Crippen LogP contribution is 2.33. The van der Waals surface area contributed by atoms with E-state index in [0.29, 0.717) is 14.7 Å². The van der Waals surface area contributed by atoms with Crippen molar-refractivity contribution in [3.05, 3.63) is 39.0 Å². The highest BCUT2D eigenvalue weighted by Gasteiger charge is 2.21. The zero-order valence-corrected chi connectivity index (χ0v) is 16.9. The number of hydrogen-bond acceptors (Lipinski definition) is 5. The van der Waals surface area contributed by atoms with E-state index in [1.54, 1.807) is 26.0 Å². The van der Waals surface area contributed by atoms with Crippen molar-refractivity contribution in [2.45, 2.75) is 13.8 Å². The highest BCUT2D eigenvalue weighted by atomic mass is 127. The van der Waals surface area contributed by atoms with E-state index in [1.807, 2.05) is 22.6 Å². The van der Waals surface area contributed by atoms with Gasteiger partial charge in [-0.1, -0.05) is 0 Å². The summed E-state index contributed by atoms with van der Waals surface area (Å²) in [6.45, 7) is 3.53. The second-order valence-corrected chi connectivity index (χ2v) is 8.67. The molecule has 0 unspecified atom stereocenters. The van der Waals surface area contributed by atoms with E-state index in [2.05, 4.69) is 9.97 Å². The molecule has 0 saturated carbocycles. The molecule has 132 valence electrons. The third-order valence-corrected chi connectivity index (χ3v) is 5.68. The van der Waals surface area contributed by atoms with Crippen LogP contribution in [-0.4, -0.2) is 35.7 Å². The monoisotopic (exact) mass is 475 g/mol. The first-order chi connectivity index (χ1) is 11.6. The van der Waals surface area contributed by atoms with Crippen LogP contribution in [0.15, 0.2) is 18.3 Å². The Balaban J connectivity index is 2.37. The van der Waals surface area contributed by atoms with Gasteiger partial charge in [0, 0.05) is 11.6 Å². The topological polar surface area (TPSA) is 74.1 Å². The molecule has 0 spiro atoms. The number of rotatable bonds is 3. The summed E-state index contributed by atoms with van der Waals surface area (Å²) in [4.78, 5) is 8.71. The summed E-state index contributed by atoms with van der Waals surface area (Å²) in [6, 6.07) is 3.25. The van der Waals surface area contributed by atoms with Crippen molar-refractivity contribution in [2.75, 3.05) is 13.4 Å². The number of fused-ring (bicyclic) bond motifs is 1. The predicted molar refractivity (Wildman–Crippen MR) is 102 cm³/mol. The first-order valence-corrected chi connectivity index (χ1v) is 10.2. The molecule has 9 heteroatoms. The molecular formula is C16H15FIN3O3S. The molecule has 0 radical (unpaired) electrons. The zero-order chi connectivity index (χ0) is 18.5. The Labute approximate surface area is 158 Å². The summed E-state index contributed by atoms with van der Waals surface area (Å²) in [5.41, 5.74) is 1.71. The van der Waals surface area contributed by atoms with Crippen LogP contribution in [0.1, 0.15) is 11.3 Å². The summed E-state index contributed by atoms with van der Waals surface area (Å²) < 4.78 is 45.6. The number of halogens is 2. The molecule has 0 amide bonds. The van der Waals surface area contributed by atoms with Crippen molar-refractivity contribution in [3.8, 4) is 17.1 Å². The van der Waals surface area contributed by atoms with E-state index in [1.165, 1.54) is 13.3 Å². The average Bonchev–Trinajstić information content (AvgIpc) is 2.85. The molecule has 0 bridgehead atoms. The third kappa shape index (κ3) is 2.99. The Morgan fingerprint density at radius 2 is 1.92 bits per heavy atom. The molecule has 3 rings (SSSR count). The minimum Gasteiger partial charge on any atom is -0.493 e. The van der Waals surface area contributed by atoms with E-state index in [9.17, 15) is 12.8 Å². The fourth-order valence-electron chi connectivity index (χ4n) is 2.75. The molecule has 0 N–H and O–H groups in total. The van der Waals surface area contributed by atoms with Crippen molar-refractivity contribution in [1.29, 1.82) is 0 Å². The second kappa shape index (κ2) is 6.20. The van der Waals surface area contributed by atoms with Gasteiger partial charge in [-0.25, -0.2) is 26.7 Å². The smallest absolute Gasteiger partial charge is 0.237 e. The molecule has 0 fully saturated rings. The summed E-state index contributed by atoms with van der Waals surface area (Å²) in [5.74, 6) is -0.364. The van der Waals surface area contributed by atoms with Gasteiger partial charge in [-0.3, -0.25) is 0 Å². The van der Waals surface area contributed by atoms with Gasteiger partial charge in [0.05, 0.1) is 28.2 Å². The number of nitrogens with zero attached hydrogens (tertiary/aromatic N) is 3. The van der Waals surface area contributed by atoms with Crippen LogP contribution in [0.2, 0.25) is 0 Å². The normalized spacial score (nSPS) is 11.9. The zero-order valence-electron chi connectivity index (χ0n) is 14.0. The summed E-state index contributed by atoms with van der Waals surface area (Å²) in [5, 5.41) is 0.645. The van der Waals surface area contributed by atoms with E-state index >= 15 is 0 Å². The molecule has 0 aliphatic rings. The third-order valence-electron chi connectivity index (χ3n) is 3.84. The summed E-state index contributed by atoms with van der Waals surface area (Å²) in [7, 11) is -2.16. The fraction of sp³-hybridized carbons (Fsp3) is 0.250. The van der Waals surface area contributed by atoms with Crippen molar-refractivity contribution in [1.82, 2.24) is 13.9 Å². The SMILES string of the molecule is COc1c(I)ccc(-c2nc(C)c3c(C)cn(S(C)(=O)=O)c3n2)c1F. The lowest BCUT2D eigenvalue weighted by atomic mass is 10.1. The summed E-state index contributed by atoms with van der Waals surface area (Å²) in [6.07, 6.45) is 2.59. The first kappa shape index (κ1) is 18.1. The van der Waals surface area contributed by atoms with Crippen LogP contribution in [0.25, 0.3) is 22.4 Å². The lowest BCUT2D eigenvalue weighted by Crippen LogP contribution is -2.10. The maximum absolute atomic E-state index is 14.8. The molecule has 25 heavy (non-hydrogen) atoms. The molecule has 6 nitrogen and oxygen atoms in total. The molecule has 1 aromatic carbocycles. The molecule has 0 aliphatic carbocycles. The predicted octanol–water partition coefficient (Wildman–Crippen LogP) is 3.28. The fourth-order valence-corrected chi connectivity index (χ4v) is 4.18. The quantitative estimate of drug-likeness (QED) is 0.544. The van der Waals surface area contributed by atoms with Crippen LogP contribution in [0, 0.1) is 23.2 Å². The van der Waals surface area contributed by atoms with Gasteiger partial charge in [-0.15, -0.1) is 0 Å². The molecule has 2 heterocycles. The Morgan fingerprint density at radius 1 is 1.24 bits per heavy atom. The first-order valence-electron chi connectivity index (χ1n) is 7.24. The molecule has 0 aliphatic heterocycles. The lowest BCUT2D eigenvalue weighted by molar-refractivity contribution is 0.384. The maximum atomic E-state index is 14.8. The minimum atomic E-state index is -3.55. The van der Waals surface area contributed by atoms with Gasteiger partial charge in [0.25, 0.3) is 0 Å². The van der Waals surface area contributed by atoms with Crippen LogP contribution < -0.4 is 4.74 Å². The van der Waals surface area contributed by atoms with Crippen LogP contribution in [0.5, 0.6) is 5.75 Å². The number of aromatic nitrogens is 3. The van der Waals surface area contributed by atoms with Gasteiger partial charge in [0.2, 0.25) is 10.0 Å². The van der Waals surface area contributed by atoms with Crippen molar-refractivity contribution >= 4 is 43.6 Å². The number of methoxy groups -OCH3 is 1. The number of aryl methyl sites for hydroxylation is 2. The molecule has 0 saturated heterocycles.